The third-order valence-corrected chi connectivity index (χ3v) is 2.37. The van der Waals surface area contributed by atoms with Crippen LogP contribution in [0.5, 0.6) is 5.88 Å². The summed E-state index contributed by atoms with van der Waals surface area (Å²) in [7, 11) is 4.07. The zero-order valence-electron chi connectivity index (χ0n) is 11.1. The molecular formula is C13H23N3O. The van der Waals surface area contributed by atoms with Crippen molar-refractivity contribution in [2.45, 2.75) is 19.9 Å². The van der Waals surface area contributed by atoms with Gasteiger partial charge in [0.15, 0.2) is 0 Å². The first-order valence-electron chi connectivity index (χ1n) is 6.16. The quantitative estimate of drug-likeness (QED) is 0.696. The fourth-order valence-electron chi connectivity index (χ4n) is 1.41. The summed E-state index contributed by atoms with van der Waals surface area (Å²) in [4.78, 5) is 6.37. The van der Waals surface area contributed by atoms with Crippen molar-refractivity contribution in [1.29, 1.82) is 0 Å². The minimum atomic E-state index is 0.671. The van der Waals surface area contributed by atoms with Crippen molar-refractivity contribution >= 4 is 0 Å². The first kappa shape index (κ1) is 13.9. The topological polar surface area (TPSA) is 37.4 Å². The largest absolute Gasteiger partial charge is 0.476 e. The van der Waals surface area contributed by atoms with Crippen LogP contribution in [0.4, 0.5) is 0 Å². The third kappa shape index (κ3) is 5.65. The van der Waals surface area contributed by atoms with Crippen LogP contribution in [0.2, 0.25) is 0 Å². The molecule has 17 heavy (non-hydrogen) atoms. The van der Waals surface area contributed by atoms with E-state index in [0.29, 0.717) is 6.61 Å². The van der Waals surface area contributed by atoms with Gasteiger partial charge < -0.3 is 15.0 Å². The molecule has 1 rings (SSSR count). The number of aromatic nitrogens is 1. The molecule has 0 aliphatic heterocycles. The van der Waals surface area contributed by atoms with Gasteiger partial charge in [-0.25, -0.2) is 4.98 Å². The molecule has 0 fully saturated rings. The highest BCUT2D eigenvalue weighted by molar-refractivity contribution is 5.25. The Labute approximate surface area is 104 Å². The molecule has 0 saturated heterocycles. The minimum Gasteiger partial charge on any atom is -0.476 e. The van der Waals surface area contributed by atoms with E-state index < -0.39 is 0 Å². The number of nitrogens with zero attached hydrogens (tertiary/aromatic N) is 2. The number of nitrogens with one attached hydrogen (secondary N) is 1. The molecule has 0 atom stereocenters. The molecule has 1 aromatic heterocycles. The Bertz CT molecular complexity index is 315. The lowest BCUT2D eigenvalue weighted by Gasteiger charge is -2.13. The molecule has 1 heterocycles. The number of hydrogen-bond acceptors (Lipinski definition) is 4. The Morgan fingerprint density at radius 3 is 2.94 bits per heavy atom. The molecule has 4 nitrogen and oxygen atoms in total. The van der Waals surface area contributed by atoms with Crippen LogP contribution in [0.1, 0.15) is 18.9 Å². The van der Waals surface area contributed by atoms with Crippen LogP contribution in [-0.4, -0.2) is 43.7 Å². The predicted molar refractivity (Wildman–Crippen MR) is 70.3 cm³/mol. The van der Waals surface area contributed by atoms with Gasteiger partial charge in [0.05, 0.1) is 0 Å². The third-order valence-electron chi connectivity index (χ3n) is 2.37. The van der Waals surface area contributed by atoms with E-state index in [2.05, 4.69) is 28.2 Å². The molecule has 1 aromatic rings. The first-order chi connectivity index (χ1) is 8.24. The zero-order valence-corrected chi connectivity index (χ0v) is 11.1. The summed E-state index contributed by atoms with van der Waals surface area (Å²) in [5.41, 5.74) is 1.12. The normalized spacial score (nSPS) is 10.8. The van der Waals surface area contributed by atoms with Crippen LogP contribution in [0.3, 0.4) is 0 Å². The van der Waals surface area contributed by atoms with Gasteiger partial charge in [-0.05, 0) is 33.1 Å². The van der Waals surface area contributed by atoms with Crippen LogP contribution >= 0.6 is 0 Å². The lowest BCUT2D eigenvalue weighted by Crippen LogP contribution is -2.21. The lowest BCUT2D eigenvalue weighted by atomic mass is 10.2. The van der Waals surface area contributed by atoms with E-state index in [1.54, 1.807) is 6.20 Å². The number of pyridine rings is 1. The number of rotatable bonds is 8. The van der Waals surface area contributed by atoms with E-state index in [-0.39, 0.29) is 0 Å². The van der Waals surface area contributed by atoms with Crippen molar-refractivity contribution in [2.75, 3.05) is 33.8 Å². The van der Waals surface area contributed by atoms with Crippen molar-refractivity contribution < 1.29 is 4.74 Å². The van der Waals surface area contributed by atoms with Crippen molar-refractivity contribution in [1.82, 2.24) is 15.2 Å². The van der Waals surface area contributed by atoms with E-state index in [1.165, 1.54) is 0 Å². The van der Waals surface area contributed by atoms with Gasteiger partial charge in [0, 0.05) is 24.8 Å². The molecule has 0 aliphatic carbocycles. The van der Waals surface area contributed by atoms with Crippen LogP contribution in [0.25, 0.3) is 0 Å². The molecule has 4 heteroatoms. The van der Waals surface area contributed by atoms with Crippen LogP contribution < -0.4 is 10.1 Å². The summed E-state index contributed by atoms with van der Waals surface area (Å²) in [6, 6.07) is 4.00. The Kier molecular flexibility index (Phi) is 6.58. The molecule has 0 radical (unpaired) electrons. The highest BCUT2D eigenvalue weighted by Crippen LogP contribution is 2.13. The van der Waals surface area contributed by atoms with E-state index >= 15 is 0 Å². The van der Waals surface area contributed by atoms with Gasteiger partial charge in [0.1, 0.15) is 6.61 Å². The van der Waals surface area contributed by atoms with Crippen LogP contribution in [0, 0.1) is 0 Å². The monoisotopic (exact) mass is 237 g/mol. The maximum atomic E-state index is 5.69. The highest BCUT2D eigenvalue weighted by atomic mass is 16.5. The molecule has 0 aromatic carbocycles. The maximum absolute atomic E-state index is 5.69. The highest BCUT2D eigenvalue weighted by Gasteiger charge is 2.04. The van der Waals surface area contributed by atoms with E-state index in [4.69, 9.17) is 4.74 Å². The minimum absolute atomic E-state index is 0.671. The predicted octanol–water partition coefficient (Wildman–Crippen LogP) is 1.52. The summed E-state index contributed by atoms with van der Waals surface area (Å²) >= 11 is 0. The van der Waals surface area contributed by atoms with E-state index in [0.717, 1.165) is 37.5 Å². The average Bonchev–Trinajstić information content (AvgIpc) is 2.31. The molecule has 96 valence electrons. The van der Waals surface area contributed by atoms with Crippen molar-refractivity contribution in [2.24, 2.45) is 0 Å². The summed E-state index contributed by atoms with van der Waals surface area (Å²) < 4.78 is 5.69. The zero-order chi connectivity index (χ0) is 12.5. The fourth-order valence-corrected chi connectivity index (χ4v) is 1.41. The van der Waals surface area contributed by atoms with Crippen LogP contribution in [-0.2, 0) is 6.54 Å². The standard InChI is InChI=1S/C13H23N3O/c1-4-7-14-11-12-6-5-8-15-13(12)17-10-9-16(2)3/h5-6,8,14H,4,7,9-11H2,1-3H3. The van der Waals surface area contributed by atoms with Crippen molar-refractivity contribution in [3.05, 3.63) is 23.9 Å². The molecule has 0 spiro atoms. The molecule has 0 aliphatic rings. The summed E-state index contributed by atoms with van der Waals surface area (Å²) in [6.45, 7) is 5.57. The van der Waals surface area contributed by atoms with Crippen molar-refractivity contribution in [3.63, 3.8) is 0 Å². The van der Waals surface area contributed by atoms with Gasteiger partial charge in [-0.15, -0.1) is 0 Å². The van der Waals surface area contributed by atoms with Gasteiger partial charge in [-0.2, -0.15) is 0 Å². The van der Waals surface area contributed by atoms with Gasteiger partial charge in [-0.3, -0.25) is 0 Å². The number of ether oxygens (including phenoxy) is 1. The summed E-state index contributed by atoms with van der Waals surface area (Å²) in [6.07, 6.45) is 2.91. The van der Waals surface area contributed by atoms with E-state index in [9.17, 15) is 0 Å². The fraction of sp³-hybridized carbons (Fsp3) is 0.615. The lowest BCUT2D eigenvalue weighted by molar-refractivity contribution is 0.251. The molecule has 0 unspecified atom stereocenters. The average molecular weight is 237 g/mol. The van der Waals surface area contributed by atoms with Gasteiger partial charge in [0.2, 0.25) is 5.88 Å². The Balaban J connectivity index is 2.46. The van der Waals surface area contributed by atoms with Crippen molar-refractivity contribution in [3.8, 4) is 5.88 Å². The van der Waals surface area contributed by atoms with Gasteiger partial charge in [0.25, 0.3) is 0 Å². The number of likely N-dealkylation sites (N-methyl/N-ethyl adjacent to an activating group) is 1. The Morgan fingerprint density at radius 2 is 2.24 bits per heavy atom. The van der Waals surface area contributed by atoms with E-state index in [1.807, 2.05) is 20.2 Å². The molecule has 0 bridgehead atoms. The van der Waals surface area contributed by atoms with Gasteiger partial charge in [-0.1, -0.05) is 13.0 Å². The smallest absolute Gasteiger partial charge is 0.217 e. The second-order valence-electron chi connectivity index (χ2n) is 4.30. The molecular weight excluding hydrogens is 214 g/mol. The summed E-state index contributed by atoms with van der Waals surface area (Å²) in [5.74, 6) is 0.748. The Morgan fingerprint density at radius 1 is 1.41 bits per heavy atom. The maximum Gasteiger partial charge on any atom is 0.217 e. The Hall–Kier alpha value is -1.13. The second-order valence-corrected chi connectivity index (χ2v) is 4.30. The molecule has 0 saturated carbocycles. The first-order valence-corrected chi connectivity index (χ1v) is 6.16. The van der Waals surface area contributed by atoms with Gasteiger partial charge >= 0.3 is 0 Å². The summed E-state index contributed by atoms with van der Waals surface area (Å²) in [5, 5.41) is 3.36. The molecule has 0 amide bonds. The molecule has 1 N–H and O–H groups in total. The second kappa shape index (κ2) is 8.03. The number of hydrogen-bond donors (Lipinski definition) is 1. The van der Waals surface area contributed by atoms with Crippen LogP contribution in [0.15, 0.2) is 18.3 Å². The SMILES string of the molecule is CCCNCc1cccnc1OCCN(C)C.